The van der Waals surface area contributed by atoms with Crippen molar-refractivity contribution in [2.45, 2.75) is 39.3 Å². The Morgan fingerprint density at radius 2 is 2.10 bits per heavy atom. The fourth-order valence-corrected chi connectivity index (χ4v) is 2.34. The van der Waals surface area contributed by atoms with Gasteiger partial charge in [0.05, 0.1) is 11.9 Å². The maximum atomic E-state index is 12.2. The summed E-state index contributed by atoms with van der Waals surface area (Å²) in [5.41, 5.74) is 5.84. The summed E-state index contributed by atoms with van der Waals surface area (Å²) in [6.45, 7) is 9.75. The number of hydrogen-bond acceptors (Lipinski definition) is 5. The first-order chi connectivity index (χ1) is 9.76. The van der Waals surface area contributed by atoms with E-state index in [1.54, 1.807) is 11.1 Å². The van der Waals surface area contributed by atoms with E-state index in [-0.39, 0.29) is 12.1 Å². The Morgan fingerprint density at radius 1 is 1.38 bits per heavy atom. The summed E-state index contributed by atoms with van der Waals surface area (Å²) >= 11 is 0. The van der Waals surface area contributed by atoms with Gasteiger partial charge in [0.25, 0.3) is 0 Å². The molecule has 1 saturated heterocycles. The molecule has 6 nitrogen and oxygen atoms in total. The van der Waals surface area contributed by atoms with Crippen molar-refractivity contribution >= 4 is 17.6 Å². The van der Waals surface area contributed by atoms with Gasteiger partial charge >= 0.3 is 6.09 Å². The van der Waals surface area contributed by atoms with Gasteiger partial charge in [0, 0.05) is 25.7 Å². The number of aromatic nitrogens is 1. The Balaban J connectivity index is 1.99. The van der Waals surface area contributed by atoms with E-state index in [0.29, 0.717) is 12.2 Å². The maximum absolute atomic E-state index is 12.2. The zero-order valence-electron chi connectivity index (χ0n) is 13.2. The van der Waals surface area contributed by atoms with Crippen LogP contribution in [-0.2, 0) is 4.74 Å². The highest BCUT2D eigenvalue weighted by atomic mass is 16.6. The Bertz CT molecular complexity index is 495. The number of pyridine rings is 1. The average Bonchev–Trinajstić information content (AvgIpc) is 2.37. The summed E-state index contributed by atoms with van der Waals surface area (Å²) in [7, 11) is 0. The molecule has 0 spiro atoms. The Hall–Kier alpha value is -1.98. The van der Waals surface area contributed by atoms with Crippen molar-refractivity contribution in [1.82, 2.24) is 9.88 Å². The topological polar surface area (TPSA) is 71.7 Å². The minimum absolute atomic E-state index is 0.0768. The summed E-state index contributed by atoms with van der Waals surface area (Å²) in [5.74, 6) is 0.889. The maximum Gasteiger partial charge on any atom is 0.410 e. The molecule has 0 unspecified atom stereocenters. The molecule has 0 bridgehead atoms. The molecule has 0 radical (unpaired) electrons. The Kier molecular flexibility index (Phi) is 4.25. The van der Waals surface area contributed by atoms with Crippen molar-refractivity contribution in [3.8, 4) is 0 Å². The third-order valence-electron chi connectivity index (χ3n) is 3.35. The largest absolute Gasteiger partial charge is 0.444 e. The number of anilines is 2. The first-order valence-corrected chi connectivity index (χ1v) is 7.22. The van der Waals surface area contributed by atoms with Gasteiger partial charge < -0.3 is 20.3 Å². The van der Waals surface area contributed by atoms with E-state index >= 15 is 0 Å². The second-order valence-corrected chi connectivity index (χ2v) is 6.42. The lowest BCUT2D eigenvalue weighted by Crippen LogP contribution is -2.55. The van der Waals surface area contributed by atoms with Crippen LogP contribution in [0.1, 0.15) is 27.7 Å². The van der Waals surface area contributed by atoms with Crippen molar-refractivity contribution in [3.05, 3.63) is 18.3 Å². The van der Waals surface area contributed by atoms with E-state index in [1.807, 2.05) is 39.8 Å². The molecule has 116 valence electrons. The lowest BCUT2D eigenvalue weighted by atomic mass is 10.2. The van der Waals surface area contributed by atoms with Crippen LogP contribution < -0.4 is 10.6 Å². The minimum Gasteiger partial charge on any atom is -0.444 e. The molecule has 6 heteroatoms. The average molecular weight is 292 g/mol. The normalized spacial score (nSPS) is 19.5. The van der Waals surface area contributed by atoms with Crippen LogP contribution in [-0.4, -0.2) is 47.3 Å². The number of carbonyl (C=O) groups is 1. The minimum atomic E-state index is -0.466. The molecule has 0 aliphatic carbocycles. The predicted molar refractivity (Wildman–Crippen MR) is 83.3 cm³/mol. The monoisotopic (exact) mass is 292 g/mol. The molecule has 2 rings (SSSR count). The Labute approximate surface area is 125 Å². The van der Waals surface area contributed by atoms with Gasteiger partial charge in [0.1, 0.15) is 11.4 Å². The number of carbonyl (C=O) groups excluding carboxylic acids is 1. The zero-order chi connectivity index (χ0) is 15.6. The number of nitrogens with zero attached hydrogens (tertiary/aromatic N) is 3. The summed E-state index contributed by atoms with van der Waals surface area (Å²) in [4.78, 5) is 20.4. The van der Waals surface area contributed by atoms with Gasteiger partial charge in [-0.15, -0.1) is 0 Å². The third kappa shape index (κ3) is 4.00. The second kappa shape index (κ2) is 5.79. The molecule has 1 aromatic heterocycles. The molecule has 0 aromatic carbocycles. The standard InChI is InChI=1S/C15H24N4O2/c1-11-10-18(13-6-5-12(16)9-17-13)7-8-19(11)14(20)21-15(2,3)4/h5-6,9,11H,7-8,10,16H2,1-4H3/t11-/m1/s1. The van der Waals surface area contributed by atoms with E-state index in [0.717, 1.165) is 18.9 Å². The van der Waals surface area contributed by atoms with Gasteiger partial charge in [-0.3, -0.25) is 0 Å². The molecule has 1 atom stereocenters. The highest BCUT2D eigenvalue weighted by Gasteiger charge is 2.31. The van der Waals surface area contributed by atoms with Gasteiger partial charge in [-0.1, -0.05) is 0 Å². The first-order valence-electron chi connectivity index (χ1n) is 7.22. The molecular weight excluding hydrogens is 268 g/mol. The van der Waals surface area contributed by atoms with Gasteiger partial charge in [-0.05, 0) is 39.8 Å². The molecular formula is C15H24N4O2. The van der Waals surface area contributed by atoms with E-state index in [1.165, 1.54) is 0 Å². The molecule has 1 aromatic rings. The van der Waals surface area contributed by atoms with Crippen molar-refractivity contribution in [3.63, 3.8) is 0 Å². The van der Waals surface area contributed by atoms with E-state index in [4.69, 9.17) is 10.5 Å². The second-order valence-electron chi connectivity index (χ2n) is 6.42. The number of amides is 1. The van der Waals surface area contributed by atoms with Crippen LogP contribution >= 0.6 is 0 Å². The van der Waals surface area contributed by atoms with Crippen LogP contribution in [0.4, 0.5) is 16.3 Å². The van der Waals surface area contributed by atoms with Crippen LogP contribution in [0.15, 0.2) is 18.3 Å². The highest BCUT2D eigenvalue weighted by molar-refractivity contribution is 5.69. The number of hydrogen-bond donors (Lipinski definition) is 1. The molecule has 2 N–H and O–H groups in total. The third-order valence-corrected chi connectivity index (χ3v) is 3.35. The van der Waals surface area contributed by atoms with E-state index in [2.05, 4.69) is 9.88 Å². The summed E-state index contributed by atoms with van der Waals surface area (Å²) in [5, 5.41) is 0. The summed E-state index contributed by atoms with van der Waals surface area (Å²) in [6, 6.07) is 3.83. The molecule has 1 fully saturated rings. The van der Waals surface area contributed by atoms with Gasteiger partial charge in [-0.2, -0.15) is 0 Å². The number of nitrogens with two attached hydrogens (primary N) is 1. The van der Waals surface area contributed by atoms with Gasteiger partial charge in [0.15, 0.2) is 0 Å². The van der Waals surface area contributed by atoms with E-state index < -0.39 is 5.60 Å². The lowest BCUT2D eigenvalue weighted by molar-refractivity contribution is 0.0158. The number of nitrogen functional groups attached to an aromatic ring is 1. The van der Waals surface area contributed by atoms with Crippen molar-refractivity contribution in [1.29, 1.82) is 0 Å². The van der Waals surface area contributed by atoms with Crippen molar-refractivity contribution < 1.29 is 9.53 Å². The molecule has 1 aliphatic heterocycles. The zero-order valence-corrected chi connectivity index (χ0v) is 13.2. The number of ether oxygens (including phenoxy) is 1. The summed E-state index contributed by atoms with van der Waals surface area (Å²) < 4.78 is 5.44. The Morgan fingerprint density at radius 3 is 2.62 bits per heavy atom. The quantitative estimate of drug-likeness (QED) is 0.858. The van der Waals surface area contributed by atoms with E-state index in [9.17, 15) is 4.79 Å². The number of piperazine rings is 1. The van der Waals surface area contributed by atoms with Crippen LogP contribution in [0.2, 0.25) is 0 Å². The smallest absolute Gasteiger partial charge is 0.410 e. The van der Waals surface area contributed by atoms with Gasteiger partial charge in [0.2, 0.25) is 0 Å². The highest BCUT2D eigenvalue weighted by Crippen LogP contribution is 2.20. The fraction of sp³-hybridized carbons (Fsp3) is 0.600. The SMILES string of the molecule is C[C@@H]1CN(c2ccc(N)cn2)CCN1C(=O)OC(C)(C)C. The lowest BCUT2D eigenvalue weighted by Gasteiger charge is -2.40. The predicted octanol–water partition coefficient (Wildman–Crippen LogP) is 2.11. The molecule has 1 amide bonds. The van der Waals surface area contributed by atoms with Crippen LogP contribution in [0.5, 0.6) is 0 Å². The summed E-state index contributed by atoms with van der Waals surface area (Å²) in [6.07, 6.45) is 1.40. The molecule has 0 saturated carbocycles. The number of rotatable bonds is 1. The van der Waals surface area contributed by atoms with Crippen LogP contribution in [0.25, 0.3) is 0 Å². The van der Waals surface area contributed by atoms with Crippen molar-refractivity contribution in [2.24, 2.45) is 0 Å². The van der Waals surface area contributed by atoms with Crippen molar-refractivity contribution in [2.75, 3.05) is 30.3 Å². The molecule has 2 heterocycles. The van der Waals surface area contributed by atoms with Crippen LogP contribution in [0, 0.1) is 0 Å². The molecule has 21 heavy (non-hydrogen) atoms. The molecule has 1 aliphatic rings. The fourth-order valence-electron chi connectivity index (χ4n) is 2.34. The first kappa shape index (κ1) is 15.4. The van der Waals surface area contributed by atoms with Crippen LogP contribution in [0.3, 0.4) is 0 Å². The van der Waals surface area contributed by atoms with Gasteiger partial charge in [-0.25, -0.2) is 9.78 Å².